The molecule has 0 unspecified atom stereocenters. The third-order valence-electron chi connectivity index (χ3n) is 2.79. The summed E-state index contributed by atoms with van der Waals surface area (Å²) in [6, 6.07) is 17.4. The molecule has 19 heavy (non-hydrogen) atoms. The Balaban J connectivity index is 1.82. The van der Waals surface area contributed by atoms with Gasteiger partial charge in [-0.05, 0) is 36.4 Å². The van der Waals surface area contributed by atoms with Crippen LogP contribution >= 0.6 is 0 Å². The summed E-state index contributed by atoms with van der Waals surface area (Å²) < 4.78 is 5.72. The molecule has 1 heterocycles. The van der Waals surface area contributed by atoms with E-state index in [0.717, 1.165) is 22.8 Å². The van der Waals surface area contributed by atoms with Crippen LogP contribution in [0.15, 0.2) is 60.8 Å². The van der Waals surface area contributed by atoms with E-state index in [0.29, 0.717) is 5.69 Å². The van der Waals surface area contributed by atoms with Gasteiger partial charge in [-0.2, -0.15) is 5.10 Å². The normalized spacial score (nSPS) is 10.3. The molecule has 0 spiro atoms. The summed E-state index contributed by atoms with van der Waals surface area (Å²) in [4.78, 5) is 0. The number of nitrogens with zero attached hydrogens (tertiary/aromatic N) is 1. The minimum absolute atomic E-state index is 0.636. The molecule has 0 radical (unpaired) electrons. The van der Waals surface area contributed by atoms with E-state index in [1.807, 2.05) is 54.6 Å². The van der Waals surface area contributed by atoms with Crippen molar-refractivity contribution < 1.29 is 4.74 Å². The molecule has 94 valence electrons. The molecule has 3 aromatic rings. The lowest BCUT2D eigenvalue weighted by atomic mass is 10.1. The van der Waals surface area contributed by atoms with E-state index in [4.69, 9.17) is 10.5 Å². The highest BCUT2D eigenvalue weighted by atomic mass is 16.5. The molecule has 3 rings (SSSR count). The molecule has 4 heteroatoms. The van der Waals surface area contributed by atoms with Crippen LogP contribution in [0.2, 0.25) is 0 Å². The van der Waals surface area contributed by atoms with Crippen molar-refractivity contribution in [1.29, 1.82) is 0 Å². The molecular formula is C15H13N3O. The molecule has 2 aromatic carbocycles. The highest BCUT2D eigenvalue weighted by molar-refractivity contribution is 5.72. The molecule has 1 aromatic heterocycles. The maximum absolute atomic E-state index is 5.81. The van der Waals surface area contributed by atoms with Crippen LogP contribution in [0.1, 0.15) is 0 Å². The van der Waals surface area contributed by atoms with Gasteiger partial charge in [-0.15, -0.1) is 0 Å². The first-order valence-corrected chi connectivity index (χ1v) is 5.95. The number of hydrogen-bond donors (Lipinski definition) is 2. The molecule has 0 saturated carbocycles. The van der Waals surface area contributed by atoms with Crippen molar-refractivity contribution in [2.24, 2.45) is 0 Å². The number of ether oxygens (including phenoxy) is 1. The van der Waals surface area contributed by atoms with E-state index in [2.05, 4.69) is 10.2 Å². The van der Waals surface area contributed by atoms with E-state index in [9.17, 15) is 0 Å². The molecule has 3 N–H and O–H groups in total. The summed E-state index contributed by atoms with van der Waals surface area (Å²) >= 11 is 0. The molecule has 0 fully saturated rings. The number of nitrogens with two attached hydrogens (primary N) is 1. The lowest BCUT2D eigenvalue weighted by molar-refractivity contribution is 0.483. The van der Waals surface area contributed by atoms with Crippen molar-refractivity contribution in [1.82, 2.24) is 10.2 Å². The van der Waals surface area contributed by atoms with Gasteiger partial charge in [-0.25, -0.2) is 0 Å². The van der Waals surface area contributed by atoms with Gasteiger partial charge >= 0.3 is 0 Å². The third-order valence-corrected chi connectivity index (χ3v) is 2.79. The predicted octanol–water partition coefficient (Wildman–Crippen LogP) is 3.45. The zero-order valence-electron chi connectivity index (χ0n) is 10.2. The second kappa shape index (κ2) is 4.86. The molecule has 0 saturated heterocycles. The molecular weight excluding hydrogens is 238 g/mol. The van der Waals surface area contributed by atoms with Crippen molar-refractivity contribution in [2.45, 2.75) is 0 Å². The minimum atomic E-state index is 0.636. The number of H-pyrrole nitrogens is 1. The van der Waals surface area contributed by atoms with Gasteiger partial charge in [0, 0.05) is 5.56 Å². The average molecular weight is 251 g/mol. The maximum Gasteiger partial charge on any atom is 0.127 e. The number of hydrogen-bond acceptors (Lipinski definition) is 3. The lowest BCUT2D eigenvalue weighted by Gasteiger charge is -2.06. The summed E-state index contributed by atoms with van der Waals surface area (Å²) in [6.45, 7) is 0. The fourth-order valence-corrected chi connectivity index (χ4v) is 1.84. The quantitative estimate of drug-likeness (QED) is 0.749. The van der Waals surface area contributed by atoms with Crippen LogP contribution in [0.4, 0.5) is 5.69 Å². The van der Waals surface area contributed by atoms with Crippen LogP contribution in [0.3, 0.4) is 0 Å². The van der Waals surface area contributed by atoms with Gasteiger partial charge in [0.25, 0.3) is 0 Å². The van der Waals surface area contributed by atoms with E-state index in [-0.39, 0.29) is 0 Å². The third kappa shape index (κ3) is 2.42. The molecule has 0 atom stereocenters. The first kappa shape index (κ1) is 11.3. The first-order chi connectivity index (χ1) is 9.33. The Morgan fingerprint density at radius 2 is 1.58 bits per heavy atom. The molecule has 0 aliphatic carbocycles. The standard InChI is InChI=1S/C15H13N3O/c16-14-10-17-18-15(14)11-6-8-13(9-7-11)19-12-4-2-1-3-5-12/h1-10H,16H2,(H,17,18). The summed E-state index contributed by atoms with van der Waals surface area (Å²) in [5.41, 5.74) is 8.25. The Morgan fingerprint density at radius 1 is 0.895 bits per heavy atom. The van der Waals surface area contributed by atoms with Crippen molar-refractivity contribution in [3.8, 4) is 22.8 Å². The van der Waals surface area contributed by atoms with Crippen LogP contribution in [0, 0.1) is 0 Å². The Hall–Kier alpha value is -2.75. The number of nitrogens with one attached hydrogen (secondary N) is 1. The topological polar surface area (TPSA) is 63.9 Å². The van der Waals surface area contributed by atoms with Crippen LogP contribution in [0.5, 0.6) is 11.5 Å². The van der Waals surface area contributed by atoms with Crippen LogP contribution in [-0.4, -0.2) is 10.2 Å². The summed E-state index contributed by atoms with van der Waals surface area (Å²) in [6.07, 6.45) is 1.60. The Morgan fingerprint density at radius 3 is 2.21 bits per heavy atom. The second-order valence-corrected chi connectivity index (χ2v) is 4.14. The van der Waals surface area contributed by atoms with Gasteiger partial charge in [0.15, 0.2) is 0 Å². The Bertz CT molecular complexity index is 659. The van der Waals surface area contributed by atoms with Gasteiger partial charge in [-0.3, -0.25) is 5.10 Å². The van der Waals surface area contributed by atoms with Gasteiger partial charge in [0.05, 0.1) is 17.6 Å². The molecule has 0 aliphatic heterocycles. The smallest absolute Gasteiger partial charge is 0.127 e. The second-order valence-electron chi connectivity index (χ2n) is 4.14. The predicted molar refractivity (Wildman–Crippen MR) is 75.0 cm³/mol. The number of para-hydroxylation sites is 1. The van der Waals surface area contributed by atoms with E-state index >= 15 is 0 Å². The van der Waals surface area contributed by atoms with Crippen LogP contribution in [-0.2, 0) is 0 Å². The van der Waals surface area contributed by atoms with Gasteiger partial charge in [0.1, 0.15) is 11.5 Å². The van der Waals surface area contributed by atoms with Gasteiger partial charge < -0.3 is 10.5 Å². The fourth-order valence-electron chi connectivity index (χ4n) is 1.84. The Labute approximate surface area is 110 Å². The van der Waals surface area contributed by atoms with Crippen molar-refractivity contribution in [3.05, 3.63) is 60.8 Å². The molecule has 0 bridgehead atoms. The fraction of sp³-hybridized carbons (Fsp3) is 0. The highest BCUT2D eigenvalue weighted by Gasteiger charge is 2.04. The van der Waals surface area contributed by atoms with Crippen LogP contribution < -0.4 is 10.5 Å². The van der Waals surface area contributed by atoms with E-state index < -0.39 is 0 Å². The number of benzene rings is 2. The van der Waals surface area contributed by atoms with E-state index in [1.54, 1.807) is 6.20 Å². The minimum Gasteiger partial charge on any atom is -0.457 e. The highest BCUT2D eigenvalue weighted by Crippen LogP contribution is 2.27. The van der Waals surface area contributed by atoms with Crippen LogP contribution in [0.25, 0.3) is 11.3 Å². The van der Waals surface area contributed by atoms with Gasteiger partial charge in [0.2, 0.25) is 0 Å². The van der Waals surface area contributed by atoms with Crippen molar-refractivity contribution >= 4 is 5.69 Å². The number of nitrogen functional groups attached to an aromatic ring is 1. The largest absolute Gasteiger partial charge is 0.457 e. The first-order valence-electron chi connectivity index (χ1n) is 5.95. The Kier molecular flexibility index (Phi) is 2.90. The zero-order valence-corrected chi connectivity index (χ0v) is 10.2. The van der Waals surface area contributed by atoms with Crippen molar-refractivity contribution in [2.75, 3.05) is 5.73 Å². The molecule has 4 nitrogen and oxygen atoms in total. The summed E-state index contributed by atoms with van der Waals surface area (Å²) in [5, 5.41) is 6.78. The lowest BCUT2D eigenvalue weighted by Crippen LogP contribution is -1.87. The monoisotopic (exact) mass is 251 g/mol. The maximum atomic E-state index is 5.81. The zero-order chi connectivity index (χ0) is 13.1. The SMILES string of the molecule is Nc1cn[nH]c1-c1ccc(Oc2ccccc2)cc1. The molecule has 0 aliphatic rings. The number of aromatic amines is 1. The summed E-state index contributed by atoms with van der Waals surface area (Å²) in [5.74, 6) is 1.60. The van der Waals surface area contributed by atoms with Crippen molar-refractivity contribution in [3.63, 3.8) is 0 Å². The number of rotatable bonds is 3. The number of anilines is 1. The summed E-state index contributed by atoms with van der Waals surface area (Å²) in [7, 11) is 0. The molecule has 0 amide bonds. The van der Waals surface area contributed by atoms with E-state index in [1.165, 1.54) is 0 Å². The van der Waals surface area contributed by atoms with Gasteiger partial charge in [-0.1, -0.05) is 18.2 Å². The average Bonchev–Trinajstić information content (AvgIpc) is 2.87. The number of aromatic nitrogens is 2.